The number of oxazole rings is 1. The minimum Gasteiger partial charge on any atom is -0.438 e. The van der Waals surface area contributed by atoms with Gasteiger partial charge in [0.25, 0.3) is 17.4 Å². The van der Waals surface area contributed by atoms with Crippen molar-refractivity contribution in [3.8, 4) is 0 Å². The molecule has 0 unspecified atom stereocenters. The van der Waals surface area contributed by atoms with Crippen molar-refractivity contribution in [2.45, 2.75) is 32.9 Å². The maximum absolute atomic E-state index is 13.3. The van der Waals surface area contributed by atoms with Gasteiger partial charge >= 0.3 is 0 Å². The summed E-state index contributed by atoms with van der Waals surface area (Å²) in [5, 5.41) is 2.83. The predicted molar refractivity (Wildman–Crippen MR) is 114 cm³/mol. The number of carbonyl (C=O) groups excluding carboxylic acids is 2. The fourth-order valence-corrected chi connectivity index (χ4v) is 3.82. The van der Waals surface area contributed by atoms with E-state index >= 15 is 0 Å². The highest BCUT2D eigenvalue weighted by Gasteiger charge is 2.29. The topological polar surface area (TPSA) is 97.4 Å². The molecule has 0 aliphatic carbocycles. The number of hydrogen-bond donors (Lipinski definition) is 1. The molecular formula is C23H24N4O4. The first-order valence-electron chi connectivity index (χ1n) is 10.3. The number of hydrogen-bond acceptors (Lipinski definition) is 5. The smallest absolute Gasteiger partial charge is 0.291 e. The minimum atomic E-state index is -0.361. The average Bonchev–Trinajstić information content (AvgIpc) is 3.33. The molecule has 31 heavy (non-hydrogen) atoms. The van der Waals surface area contributed by atoms with Crippen molar-refractivity contribution in [1.82, 2.24) is 19.8 Å². The van der Waals surface area contributed by atoms with Crippen molar-refractivity contribution in [3.63, 3.8) is 0 Å². The van der Waals surface area contributed by atoms with Gasteiger partial charge in [0.15, 0.2) is 6.39 Å². The van der Waals surface area contributed by atoms with Gasteiger partial charge in [0.05, 0.1) is 12.7 Å². The molecule has 1 N–H and O–H groups in total. The van der Waals surface area contributed by atoms with Gasteiger partial charge in [-0.05, 0) is 29.5 Å². The largest absolute Gasteiger partial charge is 0.438 e. The van der Waals surface area contributed by atoms with Crippen LogP contribution < -0.4 is 10.9 Å². The van der Waals surface area contributed by atoms with E-state index in [1.54, 1.807) is 15.7 Å². The third-order valence-corrected chi connectivity index (χ3v) is 5.36. The summed E-state index contributed by atoms with van der Waals surface area (Å²) in [6, 6.07) is 9.59. The summed E-state index contributed by atoms with van der Waals surface area (Å²) < 4.78 is 6.70. The quantitative estimate of drug-likeness (QED) is 0.660. The number of rotatable bonds is 6. The molecule has 0 fully saturated rings. The molecule has 0 atom stereocenters. The SMILES string of the molecule is CCCNC(=O)c1c2c(cn(Cc3ccccc3)c1=O)CN(C(=O)c1cnco1)CC2. The van der Waals surface area contributed by atoms with E-state index in [2.05, 4.69) is 10.3 Å². The molecule has 0 saturated carbocycles. The standard InChI is InChI=1S/C23H24N4O4/c1-2-9-25-21(28)20-18-8-10-26(22(29)19-11-24-15-31-19)13-17(18)14-27(23(20)30)12-16-6-4-3-5-7-16/h3-7,11,14-15H,2,8-10,12-13H2,1H3,(H,25,28). The van der Waals surface area contributed by atoms with Gasteiger partial charge < -0.3 is 19.2 Å². The first-order valence-corrected chi connectivity index (χ1v) is 10.3. The van der Waals surface area contributed by atoms with E-state index in [4.69, 9.17) is 4.42 Å². The lowest BCUT2D eigenvalue weighted by Crippen LogP contribution is -2.41. The van der Waals surface area contributed by atoms with Crippen molar-refractivity contribution in [1.29, 1.82) is 0 Å². The third-order valence-electron chi connectivity index (χ3n) is 5.36. The molecule has 0 bridgehead atoms. The van der Waals surface area contributed by atoms with Crippen LogP contribution in [0.1, 0.15) is 50.9 Å². The van der Waals surface area contributed by atoms with Crippen LogP contribution in [0.5, 0.6) is 0 Å². The van der Waals surface area contributed by atoms with Crippen LogP contribution in [0.15, 0.2) is 58.3 Å². The van der Waals surface area contributed by atoms with Crippen LogP contribution in [-0.2, 0) is 19.5 Å². The summed E-state index contributed by atoms with van der Waals surface area (Å²) in [6.07, 6.45) is 5.57. The van der Waals surface area contributed by atoms with Crippen LogP contribution >= 0.6 is 0 Å². The van der Waals surface area contributed by atoms with Crippen LogP contribution in [0, 0.1) is 0 Å². The lowest BCUT2D eigenvalue weighted by atomic mass is 9.95. The van der Waals surface area contributed by atoms with Gasteiger partial charge in [0.1, 0.15) is 5.56 Å². The number of carbonyl (C=O) groups is 2. The minimum absolute atomic E-state index is 0.168. The number of pyridine rings is 1. The lowest BCUT2D eigenvalue weighted by Gasteiger charge is -2.30. The molecule has 1 aliphatic rings. The fourth-order valence-electron chi connectivity index (χ4n) is 3.82. The van der Waals surface area contributed by atoms with Gasteiger partial charge in [-0.15, -0.1) is 0 Å². The molecule has 0 radical (unpaired) electrons. The lowest BCUT2D eigenvalue weighted by molar-refractivity contribution is 0.0701. The molecule has 160 valence electrons. The van der Waals surface area contributed by atoms with E-state index in [9.17, 15) is 14.4 Å². The summed E-state index contributed by atoms with van der Waals surface area (Å²) in [6.45, 7) is 3.48. The van der Waals surface area contributed by atoms with Crippen molar-refractivity contribution >= 4 is 11.8 Å². The predicted octanol–water partition coefficient (Wildman–Crippen LogP) is 2.22. The molecular weight excluding hydrogens is 396 g/mol. The van der Waals surface area contributed by atoms with Crippen LogP contribution in [0.4, 0.5) is 0 Å². The van der Waals surface area contributed by atoms with Crippen molar-refractivity contribution in [2.75, 3.05) is 13.1 Å². The Morgan fingerprint density at radius 2 is 2.03 bits per heavy atom. The fraction of sp³-hybridized carbons (Fsp3) is 0.304. The summed E-state index contributed by atoms with van der Waals surface area (Å²) in [4.78, 5) is 44.3. The second-order valence-corrected chi connectivity index (χ2v) is 7.52. The average molecular weight is 420 g/mol. The van der Waals surface area contributed by atoms with Crippen molar-refractivity contribution in [3.05, 3.63) is 87.5 Å². The zero-order valence-electron chi connectivity index (χ0n) is 17.3. The number of nitrogens with one attached hydrogen (secondary N) is 1. The molecule has 3 aromatic rings. The summed E-state index contributed by atoms with van der Waals surface area (Å²) in [7, 11) is 0. The number of aromatic nitrogens is 2. The van der Waals surface area contributed by atoms with E-state index in [0.717, 1.165) is 17.5 Å². The maximum atomic E-state index is 13.3. The highest BCUT2D eigenvalue weighted by molar-refractivity contribution is 5.96. The van der Waals surface area contributed by atoms with Gasteiger partial charge in [-0.25, -0.2) is 4.98 Å². The van der Waals surface area contributed by atoms with Gasteiger partial charge in [-0.2, -0.15) is 0 Å². The first kappa shape index (κ1) is 20.6. The Labute approximate surface area is 179 Å². The second-order valence-electron chi connectivity index (χ2n) is 7.52. The van der Waals surface area contributed by atoms with E-state index in [1.165, 1.54) is 12.6 Å². The summed E-state index contributed by atoms with van der Waals surface area (Å²) >= 11 is 0. The number of amides is 2. The highest BCUT2D eigenvalue weighted by atomic mass is 16.3. The van der Waals surface area contributed by atoms with Gasteiger partial charge in [0.2, 0.25) is 5.76 Å². The Hall–Kier alpha value is -3.68. The Morgan fingerprint density at radius 1 is 1.23 bits per heavy atom. The van der Waals surface area contributed by atoms with Crippen LogP contribution in [0.25, 0.3) is 0 Å². The normalized spacial score (nSPS) is 13.0. The molecule has 0 spiro atoms. The molecule has 3 heterocycles. The number of benzene rings is 1. The van der Waals surface area contributed by atoms with Crippen LogP contribution in [0.2, 0.25) is 0 Å². The molecule has 0 saturated heterocycles. The number of nitrogens with zero attached hydrogens (tertiary/aromatic N) is 3. The summed E-state index contributed by atoms with van der Waals surface area (Å²) in [5.41, 5.74) is 2.32. The van der Waals surface area contributed by atoms with E-state index in [1.807, 2.05) is 37.3 Å². The van der Waals surface area contributed by atoms with E-state index in [-0.39, 0.29) is 35.2 Å². The molecule has 4 rings (SSSR count). The second kappa shape index (κ2) is 8.99. The molecule has 8 nitrogen and oxygen atoms in total. The molecule has 2 aromatic heterocycles. The molecule has 2 amide bonds. The van der Waals surface area contributed by atoms with E-state index in [0.29, 0.717) is 31.6 Å². The van der Waals surface area contributed by atoms with E-state index < -0.39 is 0 Å². The maximum Gasteiger partial charge on any atom is 0.291 e. The van der Waals surface area contributed by atoms with Gasteiger partial charge in [-0.1, -0.05) is 37.3 Å². The monoisotopic (exact) mass is 420 g/mol. The van der Waals surface area contributed by atoms with Crippen LogP contribution in [-0.4, -0.2) is 39.4 Å². The Bertz CT molecular complexity index is 1140. The first-order chi connectivity index (χ1) is 15.1. The zero-order chi connectivity index (χ0) is 21.8. The molecule has 8 heteroatoms. The highest BCUT2D eigenvalue weighted by Crippen LogP contribution is 2.22. The Kier molecular flexibility index (Phi) is 5.97. The molecule has 1 aliphatic heterocycles. The van der Waals surface area contributed by atoms with Gasteiger partial charge in [-0.3, -0.25) is 14.4 Å². The van der Waals surface area contributed by atoms with Crippen LogP contribution in [0.3, 0.4) is 0 Å². The van der Waals surface area contributed by atoms with Gasteiger partial charge in [0, 0.05) is 25.8 Å². The third kappa shape index (κ3) is 4.28. The molecule has 1 aromatic carbocycles. The number of fused-ring (bicyclic) bond motifs is 1. The van der Waals surface area contributed by atoms with Crippen molar-refractivity contribution in [2.24, 2.45) is 0 Å². The Balaban J connectivity index is 1.73. The Morgan fingerprint density at radius 3 is 2.74 bits per heavy atom. The summed E-state index contributed by atoms with van der Waals surface area (Å²) in [5.74, 6) is -0.455. The van der Waals surface area contributed by atoms with Crippen molar-refractivity contribution < 1.29 is 14.0 Å². The zero-order valence-corrected chi connectivity index (χ0v) is 17.3.